The Morgan fingerprint density at radius 3 is 2.22 bits per heavy atom. The van der Waals surface area contributed by atoms with Gasteiger partial charge in [0.1, 0.15) is 5.75 Å². The molecule has 0 aliphatic carbocycles. The summed E-state index contributed by atoms with van der Waals surface area (Å²) in [5, 5.41) is 22.7. The number of hydrogen-bond donors (Lipinski definition) is 3. The molecule has 0 atom stereocenters. The molecule has 0 bridgehead atoms. The van der Waals surface area contributed by atoms with Gasteiger partial charge in [-0.1, -0.05) is 57.2 Å². The molecule has 0 aliphatic rings. The number of phenolic OH excluding ortho intramolecular Hbond substituents is 1. The van der Waals surface area contributed by atoms with Crippen LogP contribution in [0, 0.1) is 0 Å². The van der Waals surface area contributed by atoms with Gasteiger partial charge in [0.2, 0.25) is 0 Å². The molecule has 0 saturated carbocycles. The average molecular weight is 369 g/mol. The number of anilines is 1. The highest BCUT2D eigenvalue weighted by molar-refractivity contribution is 6.15. The van der Waals surface area contributed by atoms with Crippen molar-refractivity contribution in [3.63, 3.8) is 0 Å². The van der Waals surface area contributed by atoms with Gasteiger partial charge in [-0.05, 0) is 24.6 Å². The van der Waals surface area contributed by atoms with Crippen LogP contribution in [0.1, 0.15) is 71.7 Å². The molecule has 0 heterocycles. The zero-order chi connectivity index (χ0) is 19.6. The van der Waals surface area contributed by atoms with Gasteiger partial charge in [0, 0.05) is 23.9 Å². The Kier molecular flexibility index (Phi) is 7.86. The maximum Gasteiger partial charge on any atom is 0.336 e. The average Bonchev–Trinajstić information content (AvgIpc) is 2.67. The summed E-state index contributed by atoms with van der Waals surface area (Å²) in [6.45, 7) is 3.00. The Labute approximate surface area is 160 Å². The topological polar surface area (TPSA) is 86.6 Å². The molecule has 0 aliphatic heterocycles. The molecule has 3 N–H and O–H groups in total. The SMILES string of the molecule is CCCCCCCCNc1ccc(C(=O)c2ccccc2C(=O)O)c(O)c1. The maximum atomic E-state index is 12.6. The number of carbonyl (C=O) groups excluding carboxylic acids is 1. The Hall–Kier alpha value is -2.82. The molecule has 0 spiro atoms. The van der Waals surface area contributed by atoms with Crippen molar-refractivity contribution in [2.45, 2.75) is 45.4 Å². The van der Waals surface area contributed by atoms with E-state index in [1.807, 2.05) is 0 Å². The summed E-state index contributed by atoms with van der Waals surface area (Å²) in [5.41, 5.74) is 0.818. The standard InChI is InChI=1S/C22H27NO4/c1-2-3-4-5-6-9-14-23-16-12-13-19(20(24)15-16)21(25)17-10-7-8-11-18(17)22(26)27/h7-8,10-13,15,23-24H,2-6,9,14H2,1H3,(H,26,27). The smallest absolute Gasteiger partial charge is 0.336 e. The second kappa shape index (κ2) is 10.4. The summed E-state index contributed by atoms with van der Waals surface area (Å²) in [6, 6.07) is 10.8. The number of aromatic hydroxyl groups is 1. The Bertz CT molecular complexity index is 786. The minimum Gasteiger partial charge on any atom is -0.507 e. The number of phenols is 1. The van der Waals surface area contributed by atoms with E-state index in [4.69, 9.17) is 0 Å². The molecule has 0 aromatic heterocycles. The molecule has 0 saturated heterocycles. The molecule has 2 aromatic carbocycles. The summed E-state index contributed by atoms with van der Waals surface area (Å²) >= 11 is 0. The molecular formula is C22H27NO4. The largest absolute Gasteiger partial charge is 0.507 e. The lowest BCUT2D eigenvalue weighted by atomic mass is 9.97. The van der Waals surface area contributed by atoms with Gasteiger partial charge < -0.3 is 15.5 Å². The first-order valence-corrected chi connectivity index (χ1v) is 9.48. The number of benzene rings is 2. The lowest BCUT2D eigenvalue weighted by molar-refractivity contribution is 0.0692. The first-order chi connectivity index (χ1) is 13.0. The second-order valence-corrected chi connectivity index (χ2v) is 6.61. The monoisotopic (exact) mass is 369 g/mol. The summed E-state index contributed by atoms with van der Waals surface area (Å²) in [4.78, 5) is 23.9. The van der Waals surface area contributed by atoms with E-state index in [2.05, 4.69) is 12.2 Å². The molecule has 0 amide bonds. The number of carboxylic acid groups (broad SMARTS) is 1. The molecule has 5 nitrogen and oxygen atoms in total. The number of nitrogens with one attached hydrogen (secondary N) is 1. The van der Waals surface area contributed by atoms with Crippen LogP contribution in [0.3, 0.4) is 0 Å². The molecule has 144 valence electrons. The lowest BCUT2D eigenvalue weighted by Gasteiger charge is -2.10. The molecule has 5 heteroatoms. The minimum absolute atomic E-state index is 0.0630. The number of unbranched alkanes of at least 4 members (excludes halogenated alkanes) is 5. The Morgan fingerprint density at radius 1 is 0.889 bits per heavy atom. The molecular weight excluding hydrogens is 342 g/mol. The van der Waals surface area contributed by atoms with Gasteiger partial charge in [-0.2, -0.15) is 0 Å². The third-order valence-corrected chi connectivity index (χ3v) is 4.50. The van der Waals surface area contributed by atoms with Crippen LogP contribution in [0.2, 0.25) is 0 Å². The number of aromatic carboxylic acids is 1. The van der Waals surface area contributed by atoms with E-state index in [1.165, 1.54) is 56.4 Å². The molecule has 0 fully saturated rings. The third kappa shape index (κ3) is 5.84. The van der Waals surface area contributed by atoms with Crippen LogP contribution < -0.4 is 5.32 Å². The fourth-order valence-corrected chi connectivity index (χ4v) is 2.98. The predicted molar refractivity (Wildman–Crippen MR) is 107 cm³/mol. The normalized spacial score (nSPS) is 10.6. The Balaban J connectivity index is 1.98. The van der Waals surface area contributed by atoms with Crippen molar-refractivity contribution in [1.82, 2.24) is 0 Å². The van der Waals surface area contributed by atoms with E-state index in [0.717, 1.165) is 18.7 Å². The summed E-state index contributed by atoms with van der Waals surface area (Å²) in [6.07, 6.45) is 7.24. The van der Waals surface area contributed by atoms with Crippen molar-refractivity contribution in [3.8, 4) is 5.75 Å². The van der Waals surface area contributed by atoms with E-state index in [0.29, 0.717) is 0 Å². The molecule has 2 rings (SSSR count). The first kappa shape index (κ1) is 20.5. The van der Waals surface area contributed by atoms with E-state index >= 15 is 0 Å². The number of rotatable bonds is 11. The van der Waals surface area contributed by atoms with Crippen molar-refractivity contribution < 1.29 is 19.8 Å². The number of ketones is 1. The van der Waals surface area contributed by atoms with Crippen molar-refractivity contribution >= 4 is 17.4 Å². The van der Waals surface area contributed by atoms with Gasteiger partial charge >= 0.3 is 5.97 Å². The Morgan fingerprint density at radius 2 is 1.56 bits per heavy atom. The van der Waals surface area contributed by atoms with Crippen LogP contribution in [0.25, 0.3) is 0 Å². The summed E-state index contributed by atoms with van der Waals surface area (Å²) < 4.78 is 0. The van der Waals surface area contributed by atoms with E-state index in [9.17, 15) is 19.8 Å². The highest BCUT2D eigenvalue weighted by atomic mass is 16.4. The van der Waals surface area contributed by atoms with Crippen LogP contribution in [0.15, 0.2) is 42.5 Å². The number of carbonyl (C=O) groups is 2. The number of carboxylic acids is 1. The van der Waals surface area contributed by atoms with E-state index in [-0.39, 0.29) is 22.4 Å². The van der Waals surface area contributed by atoms with Gasteiger partial charge in [0.25, 0.3) is 0 Å². The minimum atomic E-state index is -1.17. The fraction of sp³-hybridized carbons (Fsp3) is 0.364. The van der Waals surface area contributed by atoms with E-state index < -0.39 is 11.8 Å². The van der Waals surface area contributed by atoms with Gasteiger partial charge in [0.05, 0.1) is 11.1 Å². The van der Waals surface area contributed by atoms with Crippen molar-refractivity contribution in [2.75, 3.05) is 11.9 Å². The molecule has 0 unspecified atom stereocenters. The highest BCUT2D eigenvalue weighted by Gasteiger charge is 2.20. The highest BCUT2D eigenvalue weighted by Crippen LogP contribution is 2.26. The second-order valence-electron chi connectivity index (χ2n) is 6.61. The van der Waals surface area contributed by atoms with Gasteiger partial charge in [0.15, 0.2) is 5.78 Å². The van der Waals surface area contributed by atoms with Gasteiger partial charge in [-0.3, -0.25) is 4.79 Å². The maximum absolute atomic E-state index is 12.6. The quantitative estimate of drug-likeness (QED) is 0.379. The molecule has 2 aromatic rings. The van der Waals surface area contributed by atoms with Gasteiger partial charge in [-0.15, -0.1) is 0 Å². The van der Waals surface area contributed by atoms with Crippen LogP contribution in [-0.4, -0.2) is 28.5 Å². The van der Waals surface area contributed by atoms with Crippen LogP contribution in [-0.2, 0) is 0 Å². The van der Waals surface area contributed by atoms with Crippen LogP contribution >= 0.6 is 0 Å². The predicted octanol–water partition coefficient (Wildman–Crippen LogP) is 5.09. The zero-order valence-electron chi connectivity index (χ0n) is 15.7. The summed E-state index contributed by atoms with van der Waals surface area (Å²) in [7, 11) is 0. The first-order valence-electron chi connectivity index (χ1n) is 9.48. The zero-order valence-corrected chi connectivity index (χ0v) is 15.7. The third-order valence-electron chi connectivity index (χ3n) is 4.50. The summed E-state index contributed by atoms with van der Waals surface area (Å²) in [5.74, 6) is -1.84. The van der Waals surface area contributed by atoms with Crippen molar-refractivity contribution in [3.05, 3.63) is 59.2 Å². The number of hydrogen-bond acceptors (Lipinski definition) is 4. The van der Waals surface area contributed by atoms with Crippen LogP contribution in [0.5, 0.6) is 5.75 Å². The van der Waals surface area contributed by atoms with Crippen molar-refractivity contribution in [2.24, 2.45) is 0 Å². The fourth-order valence-electron chi connectivity index (χ4n) is 2.98. The van der Waals surface area contributed by atoms with Crippen molar-refractivity contribution in [1.29, 1.82) is 0 Å². The van der Waals surface area contributed by atoms with Gasteiger partial charge in [-0.25, -0.2) is 4.79 Å². The van der Waals surface area contributed by atoms with Crippen LogP contribution in [0.4, 0.5) is 5.69 Å². The molecule has 27 heavy (non-hydrogen) atoms. The molecule has 0 radical (unpaired) electrons. The van der Waals surface area contributed by atoms with E-state index in [1.54, 1.807) is 18.2 Å². The lowest BCUT2D eigenvalue weighted by Crippen LogP contribution is -2.10.